The van der Waals surface area contributed by atoms with E-state index >= 15 is 0 Å². The van der Waals surface area contributed by atoms with Crippen molar-refractivity contribution in [3.63, 3.8) is 0 Å². The van der Waals surface area contributed by atoms with Crippen molar-refractivity contribution in [3.05, 3.63) is 53.6 Å². The van der Waals surface area contributed by atoms with Crippen LogP contribution >= 0.6 is 0 Å². The van der Waals surface area contributed by atoms with E-state index in [1.807, 2.05) is 47.4 Å². The second kappa shape index (κ2) is 8.13. The van der Waals surface area contributed by atoms with Gasteiger partial charge in [-0.2, -0.15) is 0 Å². The fourth-order valence-electron chi connectivity index (χ4n) is 4.24. The van der Waals surface area contributed by atoms with E-state index in [1.165, 1.54) is 12.8 Å². The summed E-state index contributed by atoms with van der Waals surface area (Å²) >= 11 is 0. The molecule has 1 amide bonds. The number of nitrogens with zero attached hydrogens (tertiary/aromatic N) is 1. The van der Waals surface area contributed by atoms with Crippen molar-refractivity contribution in [3.8, 4) is 11.5 Å². The van der Waals surface area contributed by atoms with Crippen LogP contribution in [0.4, 0.5) is 5.69 Å². The third kappa shape index (κ3) is 3.93. The molecule has 2 aromatic rings. The van der Waals surface area contributed by atoms with E-state index in [2.05, 4.69) is 0 Å². The van der Waals surface area contributed by atoms with Crippen LogP contribution in [-0.2, 0) is 11.3 Å². The molecule has 1 saturated heterocycles. The molecule has 2 aliphatic rings. The van der Waals surface area contributed by atoms with Crippen LogP contribution < -0.4 is 15.2 Å². The monoisotopic (exact) mass is 380 g/mol. The molecule has 1 aliphatic carbocycles. The first-order chi connectivity index (χ1) is 13.6. The van der Waals surface area contributed by atoms with Gasteiger partial charge in [0.15, 0.2) is 11.5 Å². The molecule has 2 fully saturated rings. The smallest absolute Gasteiger partial charge is 0.230 e. The number of methoxy groups -OCH3 is 1. The zero-order valence-electron chi connectivity index (χ0n) is 16.4. The van der Waals surface area contributed by atoms with Gasteiger partial charge in [-0.25, -0.2) is 0 Å². The molecular weight excluding hydrogens is 352 g/mol. The molecule has 1 saturated carbocycles. The van der Waals surface area contributed by atoms with Crippen LogP contribution in [0.3, 0.4) is 0 Å². The maximum atomic E-state index is 13.0. The van der Waals surface area contributed by atoms with Gasteiger partial charge in [-0.3, -0.25) is 4.79 Å². The van der Waals surface area contributed by atoms with E-state index in [0.29, 0.717) is 6.54 Å². The Labute approximate surface area is 166 Å². The lowest BCUT2D eigenvalue weighted by molar-refractivity contribution is -0.129. The van der Waals surface area contributed by atoms with Crippen molar-refractivity contribution in [1.29, 1.82) is 0 Å². The fraction of sp³-hybridized carbons (Fsp3) is 0.435. The first-order valence-electron chi connectivity index (χ1n) is 10.1. The minimum atomic E-state index is -0.120. The third-order valence-electron chi connectivity index (χ3n) is 5.84. The predicted molar refractivity (Wildman–Crippen MR) is 110 cm³/mol. The Morgan fingerprint density at radius 1 is 1.04 bits per heavy atom. The molecule has 0 spiro atoms. The Bertz CT molecular complexity index is 828. The lowest BCUT2D eigenvalue weighted by Gasteiger charge is -2.19. The first kappa shape index (κ1) is 18.7. The molecule has 4 rings (SSSR count). The van der Waals surface area contributed by atoms with Crippen LogP contribution in [0.5, 0.6) is 11.5 Å². The van der Waals surface area contributed by atoms with Gasteiger partial charge in [-0.1, -0.05) is 18.2 Å². The number of nitrogens with two attached hydrogens (primary N) is 1. The number of hydrogen-bond acceptors (Lipinski definition) is 4. The van der Waals surface area contributed by atoms with Gasteiger partial charge in [0.05, 0.1) is 19.1 Å². The van der Waals surface area contributed by atoms with Crippen LogP contribution in [0.2, 0.25) is 0 Å². The highest BCUT2D eigenvalue weighted by atomic mass is 16.5. The quantitative estimate of drug-likeness (QED) is 0.766. The second-order valence-corrected chi connectivity index (χ2v) is 7.78. The zero-order valence-corrected chi connectivity index (χ0v) is 16.4. The van der Waals surface area contributed by atoms with Crippen LogP contribution in [0.1, 0.15) is 49.1 Å². The van der Waals surface area contributed by atoms with E-state index in [4.69, 9.17) is 15.2 Å². The van der Waals surface area contributed by atoms with Crippen molar-refractivity contribution in [2.75, 3.05) is 19.4 Å². The highest BCUT2D eigenvalue weighted by molar-refractivity contribution is 5.86. The van der Waals surface area contributed by atoms with Gasteiger partial charge in [0.25, 0.3) is 0 Å². The molecule has 0 radical (unpaired) electrons. The Morgan fingerprint density at radius 2 is 1.79 bits per heavy atom. The average molecular weight is 380 g/mol. The largest absolute Gasteiger partial charge is 0.493 e. The maximum absolute atomic E-state index is 13.0. The minimum Gasteiger partial charge on any atom is -0.493 e. The number of carbonyl (C=O) groups excluding carboxylic acids is 1. The molecule has 1 atom stereocenters. The highest BCUT2D eigenvalue weighted by Gasteiger charge is 2.33. The summed E-state index contributed by atoms with van der Waals surface area (Å²) in [5.74, 6) is 1.55. The van der Waals surface area contributed by atoms with Crippen LogP contribution in [0.25, 0.3) is 0 Å². The summed E-state index contributed by atoms with van der Waals surface area (Å²) in [5, 5.41) is 0. The molecule has 28 heavy (non-hydrogen) atoms. The molecule has 2 aromatic carbocycles. The molecule has 148 valence electrons. The van der Waals surface area contributed by atoms with Crippen molar-refractivity contribution in [2.45, 2.75) is 50.7 Å². The Hall–Kier alpha value is -2.69. The van der Waals surface area contributed by atoms with Crippen molar-refractivity contribution < 1.29 is 14.3 Å². The number of ether oxygens (including phenoxy) is 2. The third-order valence-corrected chi connectivity index (χ3v) is 5.84. The Balaban J connectivity index is 1.49. The number of rotatable bonds is 6. The summed E-state index contributed by atoms with van der Waals surface area (Å²) in [5.41, 5.74) is 8.60. The summed E-state index contributed by atoms with van der Waals surface area (Å²) in [6, 6.07) is 13.7. The van der Waals surface area contributed by atoms with Crippen molar-refractivity contribution >= 4 is 11.6 Å². The molecule has 5 nitrogen and oxygen atoms in total. The van der Waals surface area contributed by atoms with Crippen molar-refractivity contribution in [1.82, 2.24) is 4.90 Å². The van der Waals surface area contributed by atoms with Gasteiger partial charge in [-0.15, -0.1) is 0 Å². The lowest BCUT2D eigenvalue weighted by Crippen LogP contribution is -2.26. The van der Waals surface area contributed by atoms with E-state index < -0.39 is 0 Å². The molecule has 5 heteroatoms. The summed E-state index contributed by atoms with van der Waals surface area (Å²) in [6.45, 7) is 1.38. The van der Waals surface area contributed by atoms with E-state index in [0.717, 1.165) is 54.1 Å². The lowest BCUT2D eigenvalue weighted by atomic mass is 9.97. The molecule has 0 bridgehead atoms. The van der Waals surface area contributed by atoms with Crippen molar-refractivity contribution in [2.24, 2.45) is 0 Å². The number of benzene rings is 2. The number of carbonyl (C=O) groups is 1. The SMILES string of the molecule is COc1ccc(C2CCN(Cc3ccc(N)cc3)C2=O)cc1OC1CCCC1. The average Bonchev–Trinajstić information content (AvgIpc) is 3.34. The molecule has 1 unspecified atom stereocenters. The van der Waals surface area contributed by atoms with Crippen LogP contribution in [0, 0.1) is 0 Å². The molecular formula is C23H28N2O3. The Kier molecular flexibility index (Phi) is 5.42. The molecule has 1 aliphatic heterocycles. The number of hydrogen-bond donors (Lipinski definition) is 1. The van der Waals surface area contributed by atoms with Crippen LogP contribution in [0.15, 0.2) is 42.5 Å². The number of likely N-dealkylation sites (tertiary alicyclic amines) is 1. The van der Waals surface area contributed by atoms with Gasteiger partial charge in [-0.05, 0) is 67.5 Å². The Morgan fingerprint density at radius 3 is 2.50 bits per heavy atom. The fourth-order valence-corrected chi connectivity index (χ4v) is 4.24. The highest BCUT2D eigenvalue weighted by Crippen LogP contribution is 2.37. The second-order valence-electron chi connectivity index (χ2n) is 7.78. The van der Waals surface area contributed by atoms with E-state index in [-0.39, 0.29) is 17.9 Å². The first-order valence-corrected chi connectivity index (χ1v) is 10.1. The van der Waals surface area contributed by atoms with E-state index in [1.54, 1.807) is 7.11 Å². The van der Waals surface area contributed by atoms with Gasteiger partial charge in [0.2, 0.25) is 5.91 Å². The molecule has 0 aromatic heterocycles. The summed E-state index contributed by atoms with van der Waals surface area (Å²) in [4.78, 5) is 14.9. The van der Waals surface area contributed by atoms with Gasteiger partial charge in [0, 0.05) is 18.8 Å². The standard InChI is InChI=1S/C23H28N2O3/c1-27-21-11-8-17(14-22(21)28-19-4-2-3-5-19)20-12-13-25(23(20)26)15-16-6-9-18(24)10-7-16/h6-11,14,19-20H,2-5,12-13,15,24H2,1H3. The normalized spacial score (nSPS) is 20.0. The number of anilines is 1. The van der Waals surface area contributed by atoms with Crippen LogP contribution in [-0.4, -0.2) is 30.6 Å². The maximum Gasteiger partial charge on any atom is 0.230 e. The zero-order chi connectivity index (χ0) is 19.5. The summed E-state index contributed by atoms with van der Waals surface area (Å²) in [6.07, 6.45) is 5.69. The molecule has 1 heterocycles. The predicted octanol–water partition coefficient (Wildman–Crippen LogP) is 4.11. The number of amides is 1. The van der Waals surface area contributed by atoms with E-state index in [9.17, 15) is 4.79 Å². The molecule has 2 N–H and O–H groups in total. The summed E-state index contributed by atoms with van der Waals surface area (Å²) < 4.78 is 11.7. The van der Waals surface area contributed by atoms with Gasteiger partial charge in [0.1, 0.15) is 0 Å². The minimum absolute atomic E-state index is 0.120. The number of nitrogen functional groups attached to an aromatic ring is 1. The topological polar surface area (TPSA) is 64.8 Å². The van der Waals surface area contributed by atoms with Gasteiger partial charge >= 0.3 is 0 Å². The summed E-state index contributed by atoms with van der Waals surface area (Å²) in [7, 11) is 1.66. The van der Waals surface area contributed by atoms with Gasteiger partial charge < -0.3 is 20.1 Å².